The normalized spacial score (nSPS) is 11.1. The Morgan fingerprint density at radius 1 is 0.214 bits per heavy atom. The first-order valence-corrected chi connectivity index (χ1v) is 24.2. The Kier molecular flexibility index (Phi) is 12.9. The molecule has 0 saturated carbocycles. The Labute approximate surface area is 411 Å². The van der Waals surface area contributed by atoms with Gasteiger partial charge >= 0.3 is 0 Å². The minimum atomic E-state index is 0.925. The van der Waals surface area contributed by atoms with Crippen LogP contribution in [0.4, 0.5) is 0 Å². The summed E-state index contributed by atoms with van der Waals surface area (Å²) in [6.07, 6.45) is 9.42. The van der Waals surface area contributed by atoms with E-state index in [1.54, 1.807) is 0 Å². The molecule has 334 valence electrons. The minimum absolute atomic E-state index is 0.925. The van der Waals surface area contributed by atoms with E-state index in [0.717, 1.165) is 81.7 Å². The van der Waals surface area contributed by atoms with Crippen LogP contribution in [0, 0.1) is 0 Å². The molecule has 3 nitrogen and oxygen atoms in total. The van der Waals surface area contributed by atoms with Crippen molar-refractivity contribution in [2.75, 3.05) is 0 Å². The largest absolute Gasteiger partial charge is 0.256 e. The summed E-state index contributed by atoms with van der Waals surface area (Å²) in [5.41, 5.74) is 23.4. The van der Waals surface area contributed by atoms with Crippen LogP contribution in [0.25, 0.3) is 89.4 Å². The highest BCUT2D eigenvalue weighted by Crippen LogP contribution is 2.41. The Balaban J connectivity index is 0.959. The van der Waals surface area contributed by atoms with Crippen LogP contribution in [-0.4, -0.2) is 15.0 Å². The number of rotatable bonds is 14. The van der Waals surface area contributed by atoms with Crippen molar-refractivity contribution in [3.05, 3.63) is 283 Å². The van der Waals surface area contributed by atoms with E-state index in [-0.39, 0.29) is 0 Å². The Morgan fingerprint density at radius 3 is 1.19 bits per heavy atom. The third kappa shape index (κ3) is 10.1. The van der Waals surface area contributed by atoms with Gasteiger partial charge in [-0.25, -0.2) is 0 Å². The summed E-state index contributed by atoms with van der Waals surface area (Å²) < 4.78 is 0. The Hall–Kier alpha value is -8.79. The highest BCUT2D eigenvalue weighted by atomic mass is 14.7. The van der Waals surface area contributed by atoms with Crippen molar-refractivity contribution >= 4 is 0 Å². The summed E-state index contributed by atoms with van der Waals surface area (Å²) in [6, 6.07) is 87.4. The van der Waals surface area contributed by atoms with Gasteiger partial charge in [0.1, 0.15) is 0 Å². The molecule has 11 rings (SSSR count). The van der Waals surface area contributed by atoms with E-state index in [1.165, 1.54) is 55.6 Å². The maximum Gasteiger partial charge on any atom is 0.0702 e. The SMILES string of the molecule is c1ccc(-c2ccc(-c3cc(-c4ccc(-c5ccccc5)cn4)ccc3-c3ccccc3-c3cc(CCc4ccc(-c5ccccn5)cc4)cc(CCc4ccc(-c5ccccn5)cc4)c3)cc2)cc1. The average Bonchev–Trinajstić information content (AvgIpc) is 3.45. The molecular weight excluding hydrogens is 847 g/mol. The lowest BCUT2D eigenvalue weighted by Crippen LogP contribution is -1.98. The number of benzene rings is 8. The molecule has 3 heterocycles. The van der Waals surface area contributed by atoms with Gasteiger partial charge in [0, 0.05) is 40.8 Å². The highest BCUT2D eigenvalue weighted by molar-refractivity contribution is 5.94. The summed E-state index contributed by atoms with van der Waals surface area (Å²) in [7, 11) is 0. The zero-order chi connectivity index (χ0) is 46.9. The smallest absolute Gasteiger partial charge is 0.0702 e. The van der Waals surface area contributed by atoms with Gasteiger partial charge in [0.25, 0.3) is 0 Å². The van der Waals surface area contributed by atoms with E-state index in [1.807, 2.05) is 48.9 Å². The topological polar surface area (TPSA) is 38.7 Å². The average molecular weight is 898 g/mol. The van der Waals surface area contributed by atoms with Crippen molar-refractivity contribution in [2.24, 2.45) is 0 Å². The second kappa shape index (κ2) is 20.6. The van der Waals surface area contributed by atoms with E-state index in [4.69, 9.17) is 4.98 Å². The standard InChI is InChI=1S/C67H51N3/c1-3-13-52(14-4-1)54-33-35-55(36-34-54)64-46-58(67-40-38-59(47-70-67)53-15-5-2-6-16-53)37-39-63(64)62-18-8-7-17-61(62)60-44-50(23-21-48-25-29-56(30-26-48)65-19-9-11-41-68-65)43-51(45-60)24-22-49-27-31-57(32-28-49)66-20-10-12-42-69-66/h1-20,25-47H,21-24H2. The summed E-state index contributed by atoms with van der Waals surface area (Å²) in [5, 5.41) is 0. The zero-order valence-electron chi connectivity index (χ0n) is 39.0. The van der Waals surface area contributed by atoms with Gasteiger partial charge < -0.3 is 0 Å². The molecule has 3 heteroatoms. The first kappa shape index (κ1) is 43.8. The quantitative estimate of drug-likeness (QED) is 0.109. The molecule has 0 aliphatic heterocycles. The van der Waals surface area contributed by atoms with E-state index in [2.05, 4.69) is 222 Å². The first-order valence-electron chi connectivity index (χ1n) is 24.2. The van der Waals surface area contributed by atoms with Crippen LogP contribution in [-0.2, 0) is 25.7 Å². The number of hydrogen-bond acceptors (Lipinski definition) is 3. The Bertz CT molecular complexity index is 3360. The van der Waals surface area contributed by atoms with Crippen LogP contribution in [0.3, 0.4) is 0 Å². The van der Waals surface area contributed by atoms with Crippen LogP contribution in [0.5, 0.6) is 0 Å². The molecule has 0 bridgehead atoms. The lowest BCUT2D eigenvalue weighted by atomic mass is 9.86. The molecule has 0 amide bonds. The maximum atomic E-state index is 5.01. The van der Waals surface area contributed by atoms with Gasteiger partial charge in [-0.05, 0) is 134 Å². The Morgan fingerprint density at radius 2 is 0.643 bits per heavy atom. The molecule has 0 radical (unpaired) electrons. The highest BCUT2D eigenvalue weighted by Gasteiger charge is 2.17. The number of pyridine rings is 3. The molecule has 11 aromatic rings. The van der Waals surface area contributed by atoms with Crippen LogP contribution in [0.15, 0.2) is 261 Å². The van der Waals surface area contributed by atoms with Crippen molar-refractivity contribution in [1.29, 1.82) is 0 Å². The molecule has 8 aromatic carbocycles. The molecule has 0 unspecified atom stereocenters. The summed E-state index contributed by atoms with van der Waals surface area (Å²) in [6.45, 7) is 0. The van der Waals surface area contributed by atoms with Crippen LogP contribution < -0.4 is 0 Å². The van der Waals surface area contributed by atoms with Crippen LogP contribution in [0.2, 0.25) is 0 Å². The third-order valence-corrected chi connectivity index (χ3v) is 13.3. The predicted molar refractivity (Wildman–Crippen MR) is 291 cm³/mol. The van der Waals surface area contributed by atoms with Crippen molar-refractivity contribution in [3.63, 3.8) is 0 Å². The summed E-state index contributed by atoms with van der Waals surface area (Å²) in [4.78, 5) is 14.1. The molecule has 0 aliphatic carbocycles. The number of aromatic nitrogens is 3. The van der Waals surface area contributed by atoms with Crippen molar-refractivity contribution in [2.45, 2.75) is 25.7 Å². The zero-order valence-corrected chi connectivity index (χ0v) is 39.0. The first-order chi connectivity index (χ1) is 34.7. The lowest BCUT2D eigenvalue weighted by molar-refractivity contribution is 0.931. The molecule has 70 heavy (non-hydrogen) atoms. The van der Waals surface area contributed by atoms with Gasteiger partial charge in [-0.1, -0.05) is 206 Å². The van der Waals surface area contributed by atoms with Gasteiger partial charge in [-0.3, -0.25) is 15.0 Å². The molecule has 0 spiro atoms. The monoisotopic (exact) mass is 897 g/mol. The van der Waals surface area contributed by atoms with E-state index in [0.29, 0.717) is 0 Å². The molecule has 0 N–H and O–H groups in total. The number of aryl methyl sites for hydroxylation is 4. The number of nitrogens with zero attached hydrogens (tertiary/aromatic N) is 3. The van der Waals surface area contributed by atoms with Gasteiger partial charge in [-0.2, -0.15) is 0 Å². The van der Waals surface area contributed by atoms with Gasteiger partial charge in [0.15, 0.2) is 0 Å². The maximum absolute atomic E-state index is 5.01. The lowest BCUT2D eigenvalue weighted by Gasteiger charge is -2.18. The molecule has 0 atom stereocenters. The van der Waals surface area contributed by atoms with E-state index < -0.39 is 0 Å². The molecular formula is C67H51N3. The summed E-state index contributed by atoms with van der Waals surface area (Å²) in [5.74, 6) is 0. The van der Waals surface area contributed by atoms with Crippen LogP contribution in [0.1, 0.15) is 22.3 Å². The van der Waals surface area contributed by atoms with E-state index in [9.17, 15) is 0 Å². The van der Waals surface area contributed by atoms with Crippen molar-refractivity contribution in [1.82, 2.24) is 15.0 Å². The van der Waals surface area contributed by atoms with Crippen molar-refractivity contribution in [3.8, 4) is 89.4 Å². The van der Waals surface area contributed by atoms with Gasteiger partial charge in [-0.15, -0.1) is 0 Å². The summed E-state index contributed by atoms with van der Waals surface area (Å²) >= 11 is 0. The molecule has 3 aromatic heterocycles. The minimum Gasteiger partial charge on any atom is -0.256 e. The third-order valence-electron chi connectivity index (χ3n) is 13.3. The van der Waals surface area contributed by atoms with Crippen molar-refractivity contribution < 1.29 is 0 Å². The van der Waals surface area contributed by atoms with Crippen LogP contribution >= 0.6 is 0 Å². The number of hydrogen-bond donors (Lipinski definition) is 0. The second-order valence-electron chi connectivity index (χ2n) is 17.9. The fourth-order valence-electron chi connectivity index (χ4n) is 9.52. The van der Waals surface area contributed by atoms with Gasteiger partial charge in [0.2, 0.25) is 0 Å². The fraction of sp³-hybridized carbons (Fsp3) is 0.0597. The fourth-order valence-corrected chi connectivity index (χ4v) is 9.52. The second-order valence-corrected chi connectivity index (χ2v) is 17.9. The molecule has 0 saturated heterocycles. The van der Waals surface area contributed by atoms with E-state index >= 15 is 0 Å². The molecule has 0 fully saturated rings. The molecule has 0 aliphatic rings. The van der Waals surface area contributed by atoms with Gasteiger partial charge in [0.05, 0.1) is 17.1 Å². The predicted octanol–water partition coefficient (Wildman–Crippen LogP) is 16.8.